The number of hydrogen-bond donors (Lipinski definition) is 3. The summed E-state index contributed by atoms with van der Waals surface area (Å²) in [5, 5.41) is 8.92. The average molecular weight is 265 g/mol. The second-order valence-corrected chi connectivity index (χ2v) is 7.79. The van der Waals surface area contributed by atoms with Gasteiger partial charge in [0, 0.05) is 0 Å². The van der Waals surface area contributed by atoms with Crippen molar-refractivity contribution in [1.29, 1.82) is 0 Å². The van der Waals surface area contributed by atoms with Crippen LogP contribution in [0.5, 0.6) is 0 Å². The van der Waals surface area contributed by atoms with Crippen LogP contribution in [0.2, 0.25) is 6.55 Å². The van der Waals surface area contributed by atoms with Crippen LogP contribution >= 0.6 is 0 Å². The van der Waals surface area contributed by atoms with Crippen molar-refractivity contribution in [2.75, 3.05) is 0 Å². The highest BCUT2D eigenvalue weighted by Gasteiger charge is 2.31. The molecule has 7 heteroatoms. The van der Waals surface area contributed by atoms with Crippen LogP contribution in [-0.2, 0) is 14.5 Å². The average Bonchev–Trinajstić information content (AvgIpc) is 2.21. The molecule has 0 saturated heterocycles. The third-order valence-corrected chi connectivity index (χ3v) is 3.07. The van der Waals surface area contributed by atoms with Crippen LogP contribution < -0.4 is 15.4 Å². The Morgan fingerprint density at radius 1 is 0.647 bits per heavy atom. The van der Waals surface area contributed by atoms with Crippen molar-refractivity contribution in [3.05, 3.63) is 0 Å². The van der Waals surface area contributed by atoms with E-state index in [9.17, 15) is 0 Å². The normalized spacial score (nSPS) is 13.1. The molecule has 3 N–H and O–H groups in total. The molecular formula is C10H27N3O3Si. The number of nitrogens with one attached hydrogen (secondary N) is 3. The topological polar surface area (TPSA) is 63.8 Å². The Kier molecular flexibility index (Phi) is 8.13. The predicted octanol–water partition coefficient (Wildman–Crippen LogP) is 1.34. The lowest BCUT2D eigenvalue weighted by Crippen LogP contribution is -2.70. The molecule has 0 aromatic heterocycles. The summed E-state index contributed by atoms with van der Waals surface area (Å²) in [4.78, 5) is 16.2. The van der Waals surface area contributed by atoms with Crippen molar-refractivity contribution in [1.82, 2.24) is 15.4 Å². The lowest BCUT2D eigenvalue weighted by Gasteiger charge is -2.30. The van der Waals surface area contributed by atoms with E-state index >= 15 is 0 Å². The van der Waals surface area contributed by atoms with Crippen molar-refractivity contribution in [3.63, 3.8) is 0 Å². The first kappa shape index (κ1) is 17.0. The Morgan fingerprint density at radius 2 is 0.882 bits per heavy atom. The van der Waals surface area contributed by atoms with E-state index in [1.54, 1.807) is 0 Å². The first-order valence-corrected chi connectivity index (χ1v) is 8.53. The van der Waals surface area contributed by atoms with Gasteiger partial charge in [0.15, 0.2) is 0 Å². The highest BCUT2D eigenvalue weighted by Crippen LogP contribution is 1.96. The van der Waals surface area contributed by atoms with E-state index in [0.29, 0.717) is 0 Å². The molecule has 0 amide bonds. The standard InChI is InChI=1S/C10H27N3O3Si/c1-8(2)14-11-17(7,12-15-9(3)4)13-16-10(5)6/h8-13H,1-7H3. The van der Waals surface area contributed by atoms with E-state index in [1.807, 2.05) is 48.1 Å². The minimum absolute atomic E-state index is 0.0866. The Labute approximate surface area is 105 Å². The highest BCUT2D eigenvalue weighted by molar-refractivity contribution is 6.70. The maximum absolute atomic E-state index is 5.40. The van der Waals surface area contributed by atoms with E-state index in [4.69, 9.17) is 14.5 Å². The number of hydrogen-bond acceptors (Lipinski definition) is 6. The smallest absolute Gasteiger partial charge is 0.304 e. The molecule has 0 atom stereocenters. The summed E-state index contributed by atoms with van der Waals surface area (Å²) in [6.45, 7) is 13.7. The predicted molar refractivity (Wildman–Crippen MR) is 69.7 cm³/mol. The molecular weight excluding hydrogens is 238 g/mol. The monoisotopic (exact) mass is 265 g/mol. The zero-order chi connectivity index (χ0) is 13.5. The second-order valence-electron chi connectivity index (χ2n) is 4.93. The van der Waals surface area contributed by atoms with Crippen LogP contribution in [0, 0.1) is 0 Å². The van der Waals surface area contributed by atoms with Crippen molar-refractivity contribution < 1.29 is 14.5 Å². The summed E-state index contributed by atoms with van der Waals surface area (Å²) in [7, 11) is -2.35. The van der Waals surface area contributed by atoms with E-state index in [-0.39, 0.29) is 18.3 Å². The maximum Gasteiger partial charge on any atom is 0.348 e. The van der Waals surface area contributed by atoms with Crippen LogP contribution in [0.1, 0.15) is 41.5 Å². The van der Waals surface area contributed by atoms with Gasteiger partial charge in [-0.1, -0.05) is 0 Å². The second kappa shape index (κ2) is 8.14. The van der Waals surface area contributed by atoms with Gasteiger partial charge < -0.3 is 14.5 Å². The summed E-state index contributed by atoms with van der Waals surface area (Å²) < 4.78 is 0. The molecule has 17 heavy (non-hydrogen) atoms. The molecule has 104 valence electrons. The fourth-order valence-corrected chi connectivity index (χ4v) is 2.31. The van der Waals surface area contributed by atoms with Crippen LogP contribution in [0.25, 0.3) is 0 Å². The molecule has 0 aliphatic carbocycles. The summed E-state index contributed by atoms with van der Waals surface area (Å²) in [6, 6.07) is 0. The van der Waals surface area contributed by atoms with Crippen LogP contribution in [-0.4, -0.2) is 26.9 Å². The van der Waals surface area contributed by atoms with Crippen molar-refractivity contribution >= 4 is 8.56 Å². The van der Waals surface area contributed by atoms with Gasteiger partial charge in [-0.2, -0.15) is 15.4 Å². The molecule has 0 spiro atoms. The fraction of sp³-hybridized carbons (Fsp3) is 1.00. The molecule has 0 fully saturated rings. The molecule has 0 aliphatic rings. The van der Waals surface area contributed by atoms with Gasteiger partial charge in [0.2, 0.25) is 0 Å². The molecule has 0 aromatic carbocycles. The van der Waals surface area contributed by atoms with Gasteiger partial charge >= 0.3 is 8.56 Å². The molecule has 0 aromatic rings. The van der Waals surface area contributed by atoms with E-state index < -0.39 is 8.56 Å². The first-order valence-electron chi connectivity index (χ1n) is 6.03. The Hall–Kier alpha value is -0.0231. The van der Waals surface area contributed by atoms with Crippen LogP contribution in [0.3, 0.4) is 0 Å². The summed E-state index contributed by atoms with van der Waals surface area (Å²) in [6.07, 6.45) is 0.260. The third kappa shape index (κ3) is 9.66. The minimum atomic E-state index is -2.35. The molecule has 0 bridgehead atoms. The highest BCUT2D eigenvalue weighted by atomic mass is 28.4. The van der Waals surface area contributed by atoms with Gasteiger partial charge in [-0.05, 0) is 48.1 Å². The van der Waals surface area contributed by atoms with Crippen molar-refractivity contribution in [2.45, 2.75) is 66.4 Å². The van der Waals surface area contributed by atoms with E-state index in [1.165, 1.54) is 0 Å². The zero-order valence-corrected chi connectivity index (χ0v) is 13.0. The van der Waals surface area contributed by atoms with Crippen LogP contribution in [0.4, 0.5) is 0 Å². The molecule has 0 rings (SSSR count). The quantitative estimate of drug-likeness (QED) is 0.432. The van der Waals surface area contributed by atoms with Gasteiger partial charge in [-0.25, -0.2) is 0 Å². The third-order valence-electron chi connectivity index (χ3n) is 1.50. The van der Waals surface area contributed by atoms with E-state index in [0.717, 1.165) is 0 Å². The lowest BCUT2D eigenvalue weighted by atomic mass is 10.5. The lowest BCUT2D eigenvalue weighted by molar-refractivity contribution is -0.0282. The van der Waals surface area contributed by atoms with Gasteiger partial charge in [-0.3, -0.25) is 0 Å². The largest absolute Gasteiger partial charge is 0.348 e. The SMILES string of the molecule is CC(C)ON[Si](C)(NOC(C)C)NOC(C)C. The summed E-state index contributed by atoms with van der Waals surface area (Å²) in [5.41, 5.74) is 0. The Bertz CT molecular complexity index is 172. The molecule has 6 nitrogen and oxygen atoms in total. The minimum Gasteiger partial charge on any atom is -0.304 e. The molecule has 0 unspecified atom stereocenters. The maximum atomic E-state index is 5.40. The molecule has 0 saturated carbocycles. The van der Waals surface area contributed by atoms with Crippen LogP contribution in [0.15, 0.2) is 0 Å². The molecule has 0 radical (unpaired) electrons. The van der Waals surface area contributed by atoms with Crippen molar-refractivity contribution in [2.24, 2.45) is 0 Å². The van der Waals surface area contributed by atoms with Gasteiger partial charge in [0.05, 0.1) is 18.3 Å². The fourth-order valence-electron chi connectivity index (χ4n) is 0.770. The molecule has 0 heterocycles. The summed E-state index contributed by atoms with van der Waals surface area (Å²) >= 11 is 0. The van der Waals surface area contributed by atoms with Gasteiger partial charge in [0.1, 0.15) is 0 Å². The van der Waals surface area contributed by atoms with Crippen molar-refractivity contribution in [3.8, 4) is 0 Å². The van der Waals surface area contributed by atoms with Gasteiger partial charge in [0.25, 0.3) is 0 Å². The zero-order valence-electron chi connectivity index (χ0n) is 12.0. The Balaban J connectivity index is 4.23. The van der Waals surface area contributed by atoms with Gasteiger partial charge in [-0.15, -0.1) is 0 Å². The summed E-state index contributed by atoms with van der Waals surface area (Å²) in [5.74, 6) is 0. The Morgan fingerprint density at radius 3 is 1.06 bits per heavy atom. The van der Waals surface area contributed by atoms with E-state index in [2.05, 4.69) is 15.4 Å². The molecule has 0 aliphatic heterocycles. The first-order chi connectivity index (χ1) is 7.75. The number of rotatable bonds is 9.